The summed E-state index contributed by atoms with van der Waals surface area (Å²) in [4.78, 5) is 15.0. The molecule has 1 heterocycles. The Morgan fingerprint density at radius 1 is 1.00 bits per heavy atom. The number of thiophene rings is 1. The average Bonchev–Trinajstić information content (AvgIpc) is 2.93. The molecule has 0 bridgehead atoms. The van der Waals surface area contributed by atoms with Gasteiger partial charge in [0.2, 0.25) is 5.91 Å². The van der Waals surface area contributed by atoms with E-state index in [0.29, 0.717) is 6.42 Å². The van der Waals surface area contributed by atoms with E-state index in [1.165, 1.54) is 15.3 Å². The maximum absolute atomic E-state index is 12.1. The fourth-order valence-corrected chi connectivity index (χ4v) is 4.13. The molecule has 1 amide bonds. The van der Waals surface area contributed by atoms with Crippen LogP contribution in [0.25, 0.3) is 0 Å². The van der Waals surface area contributed by atoms with Gasteiger partial charge in [0, 0.05) is 21.9 Å². The highest BCUT2D eigenvalue weighted by atomic mass is 32.1. The van der Waals surface area contributed by atoms with Crippen LogP contribution in [0.3, 0.4) is 0 Å². The number of anilines is 1. The van der Waals surface area contributed by atoms with E-state index in [1.807, 2.05) is 41.7 Å². The lowest BCUT2D eigenvalue weighted by atomic mass is 9.88. The predicted octanol–water partition coefficient (Wildman–Crippen LogP) is 6.30. The summed E-state index contributed by atoms with van der Waals surface area (Å²) < 4.78 is 0. The van der Waals surface area contributed by atoms with Crippen LogP contribution in [0.1, 0.15) is 69.7 Å². The summed E-state index contributed by atoms with van der Waals surface area (Å²) in [6.07, 6.45) is 2.39. The lowest BCUT2D eigenvalue weighted by Gasteiger charge is -2.19. The molecular weight excluding hydrogens is 326 g/mol. The summed E-state index contributed by atoms with van der Waals surface area (Å²) in [5.74, 6) is 0.0924. The maximum atomic E-state index is 12.1. The Morgan fingerprint density at radius 2 is 1.64 bits per heavy atom. The van der Waals surface area contributed by atoms with Crippen molar-refractivity contribution in [1.29, 1.82) is 0 Å². The van der Waals surface area contributed by atoms with E-state index in [4.69, 9.17) is 0 Å². The third-order valence-corrected chi connectivity index (χ3v) is 6.17. The van der Waals surface area contributed by atoms with Crippen molar-refractivity contribution in [2.75, 3.05) is 5.32 Å². The molecule has 0 saturated carbocycles. The summed E-state index contributed by atoms with van der Waals surface area (Å²) >= 11 is 1.93. The molecule has 3 heteroatoms. The number of carbonyl (C=O) groups excluding carboxylic acids is 1. The van der Waals surface area contributed by atoms with Crippen molar-refractivity contribution in [3.8, 4) is 0 Å². The standard InChI is InChI=1S/C22H31NOS/c1-21(2,3)18-15-16(20(25-18)22(4,5)6)11-10-14-19(24)23-17-12-8-7-9-13-17/h7-9,12-13,15H,10-11,14H2,1-6H3,(H,23,24). The van der Waals surface area contributed by atoms with Gasteiger partial charge in [0.05, 0.1) is 0 Å². The first-order chi connectivity index (χ1) is 11.6. The Balaban J connectivity index is 2.00. The first-order valence-corrected chi connectivity index (χ1v) is 9.87. The summed E-state index contributed by atoms with van der Waals surface area (Å²) in [6, 6.07) is 12.0. The van der Waals surface area contributed by atoms with Crippen LogP contribution < -0.4 is 5.32 Å². The Bertz CT molecular complexity index is 702. The first-order valence-electron chi connectivity index (χ1n) is 9.06. The maximum Gasteiger partial charge on any atom is 0.224 e. The molecular formula is C22H31NOS. The molecule has 0 spiro atoms. The summed E-state index contributed by atoms with van der Waals surface area (Å²) in [6.45, 7) is 13.6. The second-order valence-electron chi connectivity index (χ2n) is 8.73. The van der Waals surface area contributed by atoms with Crippen LogP contribution >= 0.6 is 11.3 Å². The van der Waals surface area contributed by atoms with E-state index in [9.17, 15) is 4.79 Å². The minimum Gasteiger partial charge on any atom is -0.326 e. The van der Waals surface area contributed by atoms with Crippen LogP contribution in [0.4, 0.5) is 5.69 Å². The molecule has 0 atom stereocenters. The van der Waals surface area contributed by atoms with Crippen molar-refractivity contribution in [2.24, 2.45) is 0 Å². The molecule has 0 saturated heterocycles. The van der Waals surface area contributed by atoms with Gasteiger partial charge < -0.3 is 5.32 Å². The molecule has 0 radical (unpaired) electrons. The monoisotopic (exact) mass is 357 g/mol. The van der Waals surface area contributed by atoms with Crippen LogP contribution in [0.15, 0.2) is 36.4 Å². The third-order valence-electron chi connectivity index (χ3n) is 4.14. The molecule has 25 heavy (non-hydrogen) atoms. The van der Waals surface area contributed by atoms with Gasteiger partial charge in [-0.2, -0.15) is 0 Å². The van der Waals surface area contributed by atoms with E-state index < -0.39 is 0 Å². The van der Waals surface area contributed by atoms with E-state index in [0.717, 1.165) is 18.5 Å². The number of carbonyl (C=O) groups is 1. The highest BCUT2D eigenvalue weighted by Crippen LogP contribution is 2.39. The fourth-order valence-electron chi connectivity index (χ4n) is 2.80. The third kappa shape index (κ3) is 5.71. The number of hydrogen-bond donors (Lipinski definition) is 1. The van der Waals surface area contributed by atoms with Gasteiger partial charge in [-0.25, -0.2) is 0 Å². The lowest BCUT2D eigenvalue weighted by Crippen LogP contribution is -2.13. The number of amides is 1. The van der Waals surface area contributed by atoms with Crippen LogP contribution in [-0.2, 0) is 22.0 Å². The molecule has 136 valence electrons. The molecule has 2 aromatic rings. The summed E-state index contributed by atoms with van der Waals surface area (Å²) in [5.41, 5.74) is 2.60. The molecule has 2 nitrogen and oxygen atoms in total. The highest BCUT2D eigenvalue weighted by molar-refractivity contribution is 7.12. The molecule has 1 N–H and O–H groups in total. The topological polar surface area (TPSA) is 29.1 Å². The van der Waals surface area contributed by atoms with E-state index in [-0.39, 0.29) is 16.7 Å². The zero-order valence-corrected chi connectivity index (χ0v) is 17.2. The minimum atomic E-state index is 0.0924. The van der Waals surface area contributed by atoms with Crippen molar-refractivity contribution >= 4 is 22.9 Å². The van der Waals surface area contributed by atoms with Gasteiger partial charge in [-0.15, -0.1) is 11.3 Å². The Hall–Kier alpha value is -1.61. The smallest absolute Gasteiger partial charge is 0.224 e. The molecule has 0 aliphatic carbocycles. The Morgan fingerprint density at radius 3 is 2.20 bits per heavy atom. The Labute approximate surface area is 156 Å². The number of benzene rings is 1. The Kier molecular flexibility index (Phi) is 6.10. The molecule has 1 aromatic heterocycles. The largest absolute Gasteiger partial charge is 0.326 e. The summed E-state index contributed by atoms with van der Waals surface area (Å²) in [5, 5.41) is 2.97. The highest BCUT2D eigenvalue weighted by Gasteiger charge is 2.25. The number of nitrogens with one attached hydrogen (secondary N) is 1. The molecule has 2 rings (SSSR count). The van der Waals surface area contributed by atoms with Gasteiger partial charge in [0.15, 0.2) is 0 Å². The zero-order valence-electron chi connectivity index (χ0n) is 16.4. The normalized spacial score (nSPS) is 12.2. The second kappa shape index (κ2) is 7.74. The fraction of sp³-hybridized carbons (Fsp3) is 0.500. The SMILES string of the molecule is CC(C)(C)c1cc(CCCC(=O)Nc2ccccc2)c(C(C)(C)C)s1. The minimum absolute atomic E-state index is 0.0924. The van der Waals surface area contributed by atoms with Crippen LogP contribution in [0.2, 0.25) is 0 Å². The second-order valence-corrected chi connectivity index (χ2v) is 9.78. The molecule has 0 aliphatic heterocycles. The van der Waals surface area contributed by atoms with Gasteiger partial charge in [-0.3, -0.25) is 4.79 Å². The number of hydrogen-bond acceptors (Lipinski definition) is 2. The molecule has 1 aromatic carbocycles. The molecule has 0 unspecified atom stereocenters. The van der Waals surface area contributed by atoms with Crippen molar-refractivity contribution in [3.05, 3.63) is 51.7 Å². The zero-order chi connectivity index (χ0) is 18.7. The van der Waals surface area contributed by atoms with Crippen molar-refractivity contribution < 1.29 is 4.79 Å². The van der Waals surface area contributed by atoms with Gasteiger partial charge in [-0.1, -0.05) is 59.7 Å². The number of rotatable bonds is 5. The quantitative estimate of drug-likeness (QED) is 0.668. The van der Waals surface area contributed by atoms with Gasteiger partial charge in [0.25, 0.3) is 0 Å². The average molecular weight is 358 g/mol. The first kappa shape index (κ1) is 19.7. The van der Waals surface area contributed by atoms with Gasteiger partial charge in [0.1, 0.15) is 0 Å². The lowest BCUT2D eigenvalue weighted by molar-refractivity contribution is -0.116. The van der Waals surface area contributed by atoms with Crippen molar-refractivity contribution in [3.63, 3.8) is 0 Å². The van der Waals surface area contributed by atoms with Crippen LogP contribution in [0.5, 0.6) is 0 Å². The summed E-state index contributed by atoms with van der Waals surface area (Å²) in [7, 11) is 0. The van der Waals surface area contributed by atoms with E-state index in [1.54, 1.807) is 0 Å². The van der Waals surface area contributed by atoms with E-state index in [2.05, 4.69) is 52.9 Å². The number of aryl methyl sites for hydroxylation is 1. The molecule has 0 fully saturated rings. The van der Waals surface area contributed by atoms with Gasteiger partial charge >= 0.3 is 0 Å². The predicted molar refractivity (Wildman–Crippen MR) is 110 cm³/mol. The van der Waals surface area contributed by atoms with Crippen LogP contribution in [-0.4, -0.2) is 5.91 Å². The van der Waals surface area contributed by atoms with Crippen LogP contribution in [0, 0.1) is 0 Å². The van der Waals surface area contributed by atoms with Crippen molar-refractivity contribution in [1.82, 2.24) is 0 Å². The number of para-hydroxylation sites is 1. The van der Waals surface area contributed by atoms with E-state index >= 15 is 0 Å². The van der Waals surface area contributed by atoms with Gasteiger partial charge in [-0.05, 0) is 47.4 Å². The van der Waals surface area contributed by atoms with Crippen molar-refractivity contribution in [2.45, 2.75) is 71.6 Å². The molecule has 0 aliphatic rings.